The van der Waals surface area contributed by atoms with Crippen LogP contribution in [-0.4, -0.2) is 11.9 Å². The molecule has 0 aromatic heterocycles. The predicted molar refractivity (Wildman–Crippen MR) is 107 cm³/mol. The molecule has 0 radical (unpaired) electrons. The molecule has 1 aliphatic carbocycles. The van der Waals surface area contributed by atoms with Gasteiger partial charge >= 0.3 is 0 Å². The van der Waals surface area contributed by atoms with Gasteiger partial charge in [-0.25, -0.2) is 0 Å². The fourth-order valence-corrected chi connectivity index (χ4v) is 3.76. The standard InChI is InChI=1S/C23H29NO2/c1-2-6-22(26-21-15-13-20(24)14-16-21)23(25)19-11-9-18(10-12-19)17-7-4-3-5-8-17/h9-17,22H,2-8,24H2,1H3. The van der Waals surface area contributed by atoms with Gasteiger partial charge in [0.1, 0.15) is 5.75 Å². The van der Waals surface area contributed by atoms with E-state index in [2.05, 4.69) is 19.1 Å². The number of ether oxygens (including phenoxy) is 1. The van der Waals surface area contributed by atoms with E-state index < -0.39 is 6.10 Å². The van der Waals surface area contributed by atoms with Crippen LogP contribution < -0.4 is 10.5 Å². The van der Waals surface area contributed by atoms with Crippen LogP contribution in [0.5, 0.6) is 5.75 Å². The van der Waals surface area contributed by atoms with Crippen LogP contribution in [0.2, 0.25) is 0 Å². The van der Waals surface area contributed by atoms with Gasteiger partial charge < -0.3 is 10.5 Å². The number of rotatable bonds is 7. The second kappa shape index (κ2) is 8.88. The van der Waals surface area contributed by atoms with Gasteiger partial charge in [0.2, 0.25) is 5.78 Å². The Hall–Kier alpha value is -2.29. The predicted octanol–water partition coefficient (Wildman–Crippen LogP) is 5.75. The van der Waals surface area contributed by atoms with Crippen molar-refractivity contribution in [3.05, 3.63) is 59.7 Å². The van der Waals surface area contributed by atoms with Crippen LogP contribution in [0.3, 0.4) is 0 Å². The number of hydrogen-bond acceptors (Lipinski definition) is 3. The number of hydrogen-bond donors (Lipinski definition) is 1. The van der Waals surface area contributed by atoms with Gasteiger partial charge in [-0.3, -0.25) is 4.79 Å². The van der Waals surface area contributed by atoms with Crippen molar-refractivity contribution in [1.82, 2.24) is 0 Å². The number of ketones is 1. The number of benzene rings is 2. The molecule has 1 unspecified atom stereocenters. The number of nitrogen functional groups attached to an aromatic ring is 1. The summed E-state index contributed by atoms with van der Waals surface area (Å²) in [4.78, 5) is 12.9. The Morgan fingerprint density at radius 1 is 1.04 bits per heavy atom. The van der Waals surface area contributed by atoms with Gasteiger partial charge in [0.15, 0.2) is 6.10 Å². The molecule has 2 N–H and O–H groups in total. The molecular weight excluding hydrogens is 322 g/mol. The summed E-state index contributed by atoms with van der Waals surface area (Å²) in [5.74, 6) is 1.40. The molecular formula is C23H29NO2. The minimum Gasteiger partial charge on any atom is -0.482 e. The Balaban J connectivity index is 1.70. The first-order chi connectivity index (χ1) is 12.7. The minimum atomic E-state index is -0.454. The molecule has 3 heteroatoms. The molecule has 0 heterocycles. The lowest BCUT2D eigenvalue weighted by molar-refractivity contribution is 0.0777. The van der Waals surface area contributed by atoms with Crippen molar-refractivity contribution in [2.45, 2.75) is 63.9 Å². The molecule has 1 aliphatic rings. The molecule has 3 rings (SSSR count). The second-order valence-electron chi connectivity index (χ2n) is 7.29. The number of carbonyl (C=O) groups is 1. The fraction of sp³-hybridized carbons (Fsp3) is 0.435. The molecule has 1 saturated carbocycles. The SMILES string of the molecule is CCCC(Oc1ccc(N)cc1)C(=O)c1ccc(C2CCCCC2)cc1. The highest BCUT2D eigenvalue weighted by atomic mass is 16.5. The van der Waals surface area contributed by atoms with E-state index in [-0.39, 0.29) is 5.78 Å². The Labute approximate surface area is 156 Å². The lowest BCUT2D eigenvalue weighted by atomic mass is 9.83. The van der Waals surface area contributed by atoms with Gasteiger partial charge in [-0.2, -0.15) is 0 Å². The summed E-state index contributed by atoms with van der Waals surface area (Å²) in [6, 6.07) is 15.4. The Morgan fingerprint density at radius 2 is 1.69 bits per heavy atom. The van der Waals surface area contributed by atoms with Crippen molar-refractivity contribution in [3.8, 4) is 5.75 Å². The monoisotopic (exact) mass is 351 g/mol. The van der Waals surface area contributed by atoms with E-state index in [9.17, 15) is 4.79 Å². The topological polar surface area (TPSA) is 52.3 Å². The summed E-state index contributed by atoms with van der Waals surface area (Å²) < 4.78 is 5.97. The van der Waals surface area contributed by atoms with Crippen LogP contribution in [0.15, 0.2) is 48.5 Å². The first-order valence-corrected chi connectivity index (χ1v) is 9.83. The van der Waals surface area contributed by atoms with Crippen LogP contribution in [0.25, 0.3) is 0 Å². The molecule has 0 saturated heterocycles. The van der Waals surface area contributed by atoms with Crippen molar-refractivity contribution in [3.63, 3.8) is 0 Å². The van der Waals surface area contributed by atoms with Crippen molar-refractivity contribution in [2.75, 3.05) is 5.73 Å². The summed E-state index contributed by atoms with van der Waals surface area (Å²) in [6.07, 6.45) is 7.67. The van der Waals surface area contributed by atoms with E-state index in [4.69, 9.17) is 10.5 Å². The molecule has 26 heavy (non-hydrogen) atoms. The van der Waals surface area contributed by atoms with Gasteiger partial charge in [0.05, 0.1) is 0 Å². The average Bonchev–Trinajstić information content (AvgIpc) is 2.69. The maximum atomic E-state index is 12.9. The lowest BCUT2D eigenvalue weighted by Gasteiger charge is -2.22. The molecule has 0 spiro atoms. The minimum absolute atomic E-state index is 0.0545. The highest BCUT2D eigenvalue weighted by molar-refractivity contribution is 5.99. The van der Waals surface area contributed by atoms with Crippen molar-refractivity contribution in [2.24, 2.45) is 0 Å². The summed E-state index contributed by atoms with van der Waals surface area (Å²) >= 11 is 0. The third-order valence-electron chi connectivity index (χ3n) is 5.27. The quantitative estimate of drug-likeness (QED) is 0.510. The summed E-state index contributed by atoms with van der Waals surface area (Å²) in [7, 11) is 0. The number of anilines is 1. The summed E-state index contributed by atoms with van der Waals surface area (Å²) in [5.41, 5.74) is 8.51. The van der Waals surface area contributed by atoms with Crippen molar-refractivity contribution in [1.29, 1.82) is 0 Å². The normalized spacial score (nSPS) is 16.2. The molecule has 1 atom stereocenters. The van der Waals surface area contributed by atoms with E-state index >= 15 is 0 Å². The Bertz CT molecular complexity index is 700. The van der Waals surface area contributed by atoms with E-state index in [1.165, 1.54) is 37.7 Å². The maximum absolute atomic E-state index is 12.9. The number of carbonyl (C=O) groups excluding carboxylic acids is 1. The zero-order valence-corrected chi connectivity index (χ0v) is 15.6. The number of Topliss-reactive ketones (excluding diaryl/α,β-unsaturated/α-hetero) is 1. The molecule has 0 aliphatic heterocycles. The molecule has 2 aromatic carbocycles. The van der Waals surface area contributed by atoms with Gasteiger partial charge in [0.25, 0.3) is 0 Å². The summed E-state index contributed by atoms with van der Waals surface area (Å²) in [6.45, 7) is 2.07. The van der Waals surface area contributed by atoms with Crippen molar-refractivity contribution < 1.29 is 9.53 Å². The van der Waals surface area contributed by atoms with E-state index in [1.807, 2.05) is 24.3 Å². The summed E-state index contributed by atoms with van der Waals surface area (Å²) in [5, 5.41) is 0. The first-order valence-electron chi connectivity index (χ1n) is 9.83. The largest absolute Gasteiger partial charge is 0.482 e. The highest BCUT2D eigenvalue weighted by Gasteiger charge is 2.22. The average molecular weight is 351 g/mol. The Kier molecular flexibility index (Phi) is 6.32. The van der Waals surface area contributed by atoms with Crippen molar-refractivity contribution >= 4 is 11.5 Å². The molecule has 0 bridgehead atoms. The molecule has 2 aromatic rings. The third-order valence-corrected chi connectivity index (χ3v) is 5.27. The second-order valence-corrected chi connectivity index (χ2v) is 7.29. The Morgan fingerprint density at radius 3 is 2.31 bits per heavy atom. The van der Waals surface area contributed by atoms with E-state index in [0.717, 1.165) is 12.0 Å². The molecule has 138 valence electrons. The first kappa shape index (κ1) is 18.5. The van der Waals surface area contributed by atoms with Crippen LogP contribution in [0.1, 0.15) is 73.7 Å². The number of nitrogens with two attached hydrogens (primary N) is 1. The van der Waals surface area contributed by atoms with E-state index in [1.54, 1.807) is 12.1 Å². The van der Waals surface area contributed by atoms with Crippen LogP contribution in [-0.2, 0) is 0 Å². The fourth-order valence-electron chi connectivity index (χ4n) is 3.76. The molecule has 0 amide bonds. The van der Waals surface area contributed by atoms with Gasteiger partial charge in [-0.1, -0.05) is 56.9 Å². The molecule has 3 nitrogen and oxygen atoms in total. The highest BCUT2D eigenvalue weighted by Crippen LogP contribution is 2.32. The molecule has 1 fully saturated rings. The van der Waals surface area contributed by atoms with Gasteiger partial charge in [0, 0.05) is 11.3 Å². The zero-order valence-electron chi connectivity index (χ0n) is 15.6. The van der Waals surface area contributed by atoms with Gasteiger partial charge in [-0.15, -0.1) is 0 Å². The lowest BCUT2D eigenvalue weighted by Crippen LogP contribution is -2.27. The van der Waals surface area contributed by atoms with Crippen LogP contribution in [0, 0.1) is 0 Å². The smallest absolute Gasteiger partial charge is 0.203 e. The van der Waals surface area contributed by atoms with E-state index in [0.29, 0.717) is 23.8 Å². The third kappa shape index (κ3) is 4.66. The van der Waals surface area contributed by atoms with Crippen LogP contribution >= 0.6 is 0 Å². The zero-order chi connectivity index (χ0) is 18.4. The van der Waals surface area contributed by atoms with Gasteiger partial charge in [-0.05, 0) is 55.0 Å². The maximum Gasteiger partial charge on any atom is 0.203 e. The van der Waals surface area contributed by atoms with Crippen LogP contribution in [0.4, 0.5) is 5.69 Å².